The van der Waals surface area contributed by atoms with Crippen LogP contribution < -0.4 is 9.64 Å². The van der Waals surface area contributed by atoms with Gasteiger partial charge < -0.3 is 19.5 Å². The molecule has 2 heterocycles. The highest BCUT2D eigenvalue weighted by Crippen LogP contribution is 2.33. The van der Waals surface area contributed by atoms with Crippen molar-refractivity contribution in [3.8, 4) is 17.0 Å². The Kier molecular flexibility index (Phi) is 7.33. The molecule has 1 fully saturated rings. The first-order valence-corrected chi connectivity index (χ1v) is 13.4. The third-order valence-electron chi connectivity index (χ3n) is 7.05. The molecule has 0 atom stereocenters. The predicted octanol–water partition coefficient (Wildman–Crippen LogP) is 6.59. The van der Waals surface area contributed by atoms with E-state index < -0.39 is 0 Å². The van der Waals surface area contributed by atoms with E-state index in [4.69, 9.17) is 4.74 Å². The molecule has 1 aliphatic rings. The highest BCUT2D eigenvalue weighted by Gasteiger charge is 2.23. The van der Waals surface area contributed by atoms with Crippen LogP contribution in [-0.2, 0) is 11.2 Å². The van der Waals surface area contributed by atoms with Gasteiger partial charge in [0.1, 0.15) is 5.75 Å². The molecule has 1 N–H and O–H groups in total. The first-order valence-electron chi connectivity index (χ1n) is 12.6. The Bertz CT molecular complexity index is 1370. The third-order valence-corrected chi connectivity index (χ3v) is 7.54. The summed E-state index contributed by atoms with van der Waals surface area (Å²) in [4.78, 5) is 21.0. The molecule has 0 bridgehead atoms. The lowest BCUT2D eigenvalue weighted by Crippen LogP contribution is -2.48. The number of para-hydroxylation sites is 2. The summed E-state index contributed by atoms with van der Waals surface area (Å²) < 4.78 is 6.58. The van der Waals surface area contributed by atoms with Gasteiger partial charge in [-0.15, -0.1) is 0 Å². The summed E-state index contributed by atoms with van der Waals surface area (Å²) in [5, 5.41) is 1.25. The van der Waals surface area contributed by atoms with Crippen molar-refractivity contribution in [3.05, 3.63) is 82.3 Å². The predicted molar refractivity (Wildman–Crippen MR) is 151 cm³/mol. The molecule has 1 aromatic heterocycles. The van der Waals surface area contributed by atoms with Gasteiger partial charge in [0.25, 0.3) is 0 Å². The number of H-pyrrole nitrogens is 1. The molecule has 0 spiro atoms. The second kappa shape index (κ2) is 10.8. The van der Waals surface area contributed by atoms with Crippen LogP contribution in [0.5, 0.6) is 5.75 Å². The number of aryl methyl sites for hydroxylation is 2. The maximum Gasteiger partial charge on any atom is 0.222 e. The summed E-state index contributed by atoms with van der Waals surface area (Å²) in [6.45, 7) is 5.25. The first-order chi connectivity index (χ1) is 17.5. The van der Waals surface area contributed by atoms with E-state index in [2.05, 4.69) is 75.2 Å². The van der Waals surface area contributed by atoms with Crippen molar-refractivity contribution in [3.63, 3.8) is 0 Å². The van der Waals surface area contributed by atoms with Crippen LogP contribution in [0.15, 0.2) is 71.2 Å². The largest absolute Gasteiger partial charge is 0.495 e. The highest BCUT2D eigenvalue weighted by atomic mass is 79.9. The lowest BCUT2D eigenvalue weighted by Gasteiger charge is -2.36. The SMILES string of the molecule is COc1ccccc1N1CCN(C(=O)CCCc2c(-c3cccc(Br)c3)[nH]c3ccc(C)cc23)CC1. The minimum absolute atomic E-state index is 0.245. The van der Waals surface area contributed by atoms with E-state index in [0.29, 0.717) is 6.42 Å². The molecule has 5 nitrogen and oxygen atoms in total. The molecule has 36 heavy (non-hydrogen) atoms. The van der Waals surface area contributed by atoms with Crippen molar-refractivity contribution in [1.82, 2.24) is 9.88 Å². The zero-order valence-corrected chi connectivity index (χ0v) is 22.5. The van der Waals surface area contributed by atoms with Gasteiger partial charge in [0.2, 0.25) is 5.91 Å². The van der Waals surface area contributed by atoms with Crippen LogP contribution in [-0.4, -0.2) is 49.1 Å². The van der Waals surface area contributed by atoms with Crippen LogP contribution in [0, 0.1) is 6.92 Å². The maximum absolute atomic E-state index is 13.1. The average molecular weight is 547 g/mol. The summed E-state index contributed by atoms with van der Waals surface area (Å²) in [7, 11) is 1.70. The monoisotopic (exact) mass is 545 g/mol. The molecule has 1 saturated heterocycles. The second-order valence-corrected chi connectivity index (χ2v) is 10.3. The Hall–Kier alpha value is -3.25. The second-order valence-electron chi connectivity index (χ2n) is 9.43. The smallest absolute Gasteiger partial charge is 0.222 e. The van der Waals surface area contributed by atoms with Crippen LogP contribution in [0.4, 0.5) is 5.69 Å². The third kappa shape index (κ3) is 5.14. The summed E-state index contributed by atoms with van der Waals surface area (Å²) in [6.07, 6.45) is 2.25. The molecule has 186 valence electrons. The van der Waals surface area contributed by atoms with E-state index in [0.717, 1.165) is 71.7 Å². The summed E-state index contributed by atoms with van der Waals surface area (Å²) in [5.74, 6) is 1.13. The molecule has 5 rings (SSSR count). The summed E-state index contributed by atoms with van der Waals surface area (Å²) in [6, 6.07) is 23.0. The fraction of sp³-hybridized carbons (Fsp3) is 0.300. The topological polar surface area (TPSA) is 48.6 Å². The minimum atomic E-state index is 0.245. The molecule has 6 heteroatoms. The number of nitrogens with one attached hydrogen (secondary N) is 1. The van der Waals surface area contributed by atoms with Crippen LogP contribution in [0.25, 0.3) is 22.2 Å². The van der Waals surface area contributed by atoms with Gasteiger partial charge in [0, 0.05) is 53.7 Å². The molecule has 1 amide bonds. The zero-order chi connectivity index (χ0) is 25.1. The number of fused-ring (bicyclic) bond motifs is 1. The number of hydrogen-bond acceptors (Lipinski definition) is 3. The standard InChI is InChI=1S/C30H32BrN3O2/c1-21-13-14-26-25(19-21)24(30(32-26)22-7-5-8-23(31)20-22)9-6-12-29(35)34-17-15-33(16-18-34)27-10-3-4-11-28(27)36-2/h3-5,7-8,10-11,13-14,19-20,32H,6,9,12,15-18H2,1-2H3. The molecule has 0 aliphatic carbocycles. The fourth-order valence-electron chi connectivity index (χ4n) is 5.17. The molecular weight excluding hydrogens is 514 g/mol. The van der Waals surface area contributed by atoms with Crippen molar-refractivity contribution in [2.24, 2.45) is 0 Å². The number of benzene rings is 3. The molecule has 0 radical (unpaired) electrons. The van der Waals surface area contributed by atoms with E-state index in [1.165, 1.54) is 16.5 Å². The summed E-state index contributed by atoms with van der Waals surface area (Å²) in [5.41, 5.74) is 7.08. The van der Waals surface area contributed by atoms with Crippen LogP contribution in [0.1, 0.15) is 24.0 Å². The number of carbonyl (C=O) groups excluding carboxylic acids is 1. The van der Waals surface area contributed by atoms with Crippen LogP contribution in [0.3, 0.4) is 0 Å². The van der Waals surface area contributed by atoms with Gasteiger partial charge in [-0.2, -0.15) is 0 Å². The van der Waals surface area contributed by atoms with Crippen LogP contribution in [0.2, 0.25) is 0 Å². The van der Waals surface area contributed by atoms with Crippen molar-refractivity contribution < 1.29 is 9.53 Å². The Morgan fingerprint density at radius 2 is 1.81 bits per heavy atom. The lowest BCUT2D eigenvalue weighted by atomic mass is 9.99. The number of aromatic amines is 1. The summed E-state index contributed by atoms with van der Waals surface area (Å²) >= 11 is 3.61. The number of methoxy groups -OCH3 is 1. The van der Waals surface area contributed by atoms with E-state index in [1.54, 1.807) is 7.11 Å². The molecule has 0 unspecified atom stereocenters. The number of rotatable bonds is 7. The number of nitrogens with zero attached hydrogens (tertiary/aromatic N) is 2. The maximum atomic E-state index is 13.1. The Balaban J connectivity index is 1.25. The number of halogens is 1. The zero-order valence-electron chi connectivity index (χ0n) is 20.9. The Morgan fingerprint density at radius 1 is 1.00 bits per heavy atom. The normalized spacial score (nSPS) is 13.9. The van der Waals surface area contributed by atoms with Crippen molar-refractivity contribution in [2.45, 2.75) is 26.2 Å². The average Bonchev–Trinajstić information content (AvgIpc) is 3.26. The van der Waals surface area contributed by atoms with Gasteiger partial charge in [0.05, 0.1) is 12.8 Å². The number of piperazine rings is 1. The number of anilines is 1. The highest BCUT2D eigenvalue weighted by molar-refractivity contribution is 9.10. The van der Waals surface area contributed by atoms with E-state index in [-0.39, 0.29) is 5.91 Å². The molecule has 4 aromatic rings. The lowest BCUT2D eigenvalue weighted by molar-refractivity contribution is -0.131. The van der Waals surface area contributed by atoms with E-state index in [9.17, 15) is 4.79 Å². The molecular formula is C30H32BrN3O2. The van der Waals surface area contributed by atoms with E-state index >= 15 is 0 Å². The quantitative estimate of drug-likeness (QED) is 0.285. The minimum Gasteiger partial charge on any atom is -0.495 e. The Morgan fingerprint density at radius 3 is 2.58 bits per heavy atom. The number of ether oxygens (including phenoxy) is 1. The number of amides is 1. The van der Waals surface area contributed by atoms with Crippen molar-refractivity contribution in [2.75, 3.05) is 38.2 Å². The fourth-order valence-corrected chi connectivity index (χ4v) is 5.57. The number of carbonyl (C=O) groups is 1. The van der Waals surface area contributed by atoms with Gasteiger partial charge in [-0.05, 0) is 67.3 Å². The van der Waals surface area contributed by atoms with Gasteiger partial charge in [-0.3, -0.25) is 4.79 Å². The Labute approximate surface area is 221 Å². The molecule has 3 aromatic carbocycles. The first kappa shape index (κ1) is 24.4. The van der Waals surface area contributed by atoms with Crippen molar-refractivity contribution >= 4 is 38.4 Å². The van der Waals surface area contributed by atoms with Gasteiger partial charge >= 0.3 is 0 Å². The molecule has 0 saturated carbocycles. The van der Waals surface area contributed by atoms with Gasteiger partial charge in [-0.1, -0.05) is 51.8 Å². The number of aromatic nitrogens is 1. The van der Waals surface area contributed by atoms with Crippen LogP contribution >= 0.6 is 15.9 Å². The molecule has 1 aliphatic heterocycles. The van der Waals surface area contributed by atoms with E-state index in [1.807, 2.05) is 29.2 Å². The number of hydrogen-bond donors (Lipinski definition) is 1. The van der Waals surface area contributed by atoms with Crippen molar-refractivity contribution in [1.29, 1.82) is 0 Å². The van der Waals surface area contributed by atoms with Gasteiger partial charge in [-0.25, -0.2) is 0 Å². The van der Waals surface area contributed by atoms with Gasteiger partial charge in [0.15, 0.2) is 0 Å².